The van der Waals surface area contributed by atoms with Crippen LogP contribution < -0.4 is 4.90 Å². The van der Waals surface area contributed by atoms with E-state index in [1.165, 1.54) is 4.68 Å². The molecule has 2 aromatic heterocycles. The van der Waals surface area contributed by atoms with Crippen molar-refractivity contribution in [2.45, 2.75) is 13.0 Å². The van der Waals surface area contributed by atoms with Gasteiger partial charge in [0.05, 0.1) is 5.69 Å². The Hall–Kier alpha value is -4.26. The Balaban J connectivity index is 1.80. The smallest absolute Gasteiger partial charge is 0.413 e. The first-order valence-corrected chi connectivity index (χ1v) is 8.98. The van der Waals surface area contributed by atoms with Crippen LogP contribution in [0.15, 0.2) is 53.7 Å². The van der Waals surface area contributed by atoms with Gasteiger partial charge in [-0.1, -0.05) is 41.6 Å². The minimum atomic E-state index is -1.13. The van der Waals surface area contributed by atoms with E-state index in [1.807, 2.05) is 30.3 Å². The number of amides is 1. The predicted octanol–water partition coefficient (Wildman–Crippen LogP) is 2.08. The van der Waals surface area contributed by atoms with Crippen molar-refractivity contribution in [3.05, 3.63) is 65.6 Å². The molecular formula is C20H19N7O3. The maximum absolute atomic E-state index is 11.5. The predicted molar refractivity (Wildman–Crippen MR) is 109 cm³/mol. The number of nitrogens with zero attached hydrogens (tertiary/aromatic N) is 7. The number of terminal acetylenes is 1. The summed E-state index contributed by atoms with van der Waals surface area (Å²) in [6, 6.07) is 14.4. The van der Waals surface area contributed by atoms with Crippen molar-refractivity contribution in [1.82, 2.24) is 25.2 Å². The van der Waals surface area contributed by atoms with E-state index in [2.05, 4.69) is 31.6 Å². The van der Waals surface area contributed by atoms with Crippen molar-refractivity contribution in [2.75, 3.05) is 11.4 Å². The normalized spacial score (nSPS) is 11.0. The maximum atomic E-state index is 11.5. The fourth-order valence-electron chi connectivity index (χ4n) is 2.59. The topological polar surface area (TPSA) is 119 Å². The zero-order valence-corrected chi connectivity index (χ0v) is 16.2. The maximum Gasteiger partial charge on any atom is 0.413 e. The second-order valence-electron chi connectivity index (χ2n) is 6.08. The van der Waals surface area contributed by atoms with Crippen molar-refractivity contribution in [3.63, 3.8) is 0 Å². The monoisotopic (exact) mass is 405 g/mol. The largest absolute Gasteiger partial charge is 0.465 e. The summed E-state index contributed by atoms with van der Waals surface area (Å²) < 4.78 is 1.49. The number of aryl methyl sites for hydroxylation is 1. The fourth-order valence-corrected chi connectivity index (χ4v) is 2.59. The summed E-state index contributed by atoms with van der Waals surface area (Å²) in [5.74, 6) is 3.13. The van der Waals surface area contributed by atoms with E-state index in [1.54, 1.807) is 25.2 Å². The highest BCUT2D eigenvalue weighted by molar-refractivity contribution is 6.10. The minimum absolute atomic E-state index is 0.0258. The number of hydrogen-bond acceptors (Lipinski definition) is 7. The zero-order valence-electron chi connectivity index (χ0n) is 16.2. The van der Waals surface area contributed by atoms with Gasteiger partial charge < -0.3 is 9.94 Å². The molecule has 1 aromatic carbocycles. The first-order valence-electron chi connectivity index (χ1n) is 8.98. The molecule has 10 heteroatoms. The first kappa shape index (κ1) is 20.5. The molecule has 3 rings (SSSR count). The van der Waals surface area contributed by atoms with Crippen molar-refractivity contribution >= 4 is 17.6 Å². The van der Waals surface area contributed by atoms with Gasteiger partial charge in [0.2, 0.25) is 5.82 Å². The van der Waals surface area contributed by atoms with Gasteiger partial charge in [-0.3, -0.25) is 4.90 Å². The van der Waals surface area contributed by atoms with Crippen LogP contribution in [-0.2, 0) is 18.5 Å². The number of aromatic nitrogens is 5. The minimum Gasteiger partial charge on any atom is -0.465 e. The van der Waals surface area contributed by atoms with Crippen LogP contribution in [0, 0.1) is 12.3 Å². The standard InChI is InChI=1S/C20H19N7O3/c1-3-4-13-27(20(28)29)17-12-8-11-16(21-17)14-30-23-18(15-9-6-5-7-10-15)19-22-24-25-26(19)2/h1,5-12H,4,13-14H2,2H3,(H,28,29)/b23-18-. The Kier molecular flexibility index (Phi) is 6.68. The molecule has 3 aromatic rings. The summed E-state index contributed by atoms with van der Waals surface area (Å²) in [5.41, 5.74) is 1.75. The van der Waals surface area contributed by atoms with Crippen molar-refractivity contribution < 1.29 is 14.7 Å². The molecule has 30 heavy (non-hydrogen) atoms. The SMILES string of the molecule is C#CCCN(C(=O)O)c1cccc(CO/N=C(/c2ccccc2)c2nnnn2C)n1. The molecule has 0 aliphatic carbocycles. The quantitative estimate of drug-likeness (QED) is 0.346. The van der Waals surface area contributed by atoms with Gasteiger partial charge in [-0.2, -0.15) is 0 Å². The molecule has 0 aliphatic heterocycles. The molecule has 0 unspecified atom stereocenters. The Morgan fingerprint density at radius 1 is 1.27 bits per heavy atom. The number of carbonyl (C=O) groups is 1. The van der Waals surface area contributed by atoms with E-state index in [0.29, 0.717) is 17.2 Å². The van der Waals surface area contributed by atoms with E-state index < -0.39 is 6.09 Å². The third-order valence-electron chi connectivity index (χ3n) is 4.03. The lowest BCUT2D eigenvalue weighted by molar-refractivity contribution is 0.128. The number of anilines is 1. The second kappa shape index (κ2) is 9.79. The van der Waals surface area contributed by atoms with Crippen LogP contribution in [0.1, 0.15) is 23.5 Å². The number of hydrogen-bond donors (Lipinski definition) is 1. The Bertz CT molecular complexity index is 1070. The highest BCUT2D eigenvalue weighted by atomic mass is 16.6. The van der Waals surface area contributed by atoms with Crippen LogP contribution in [0.2, 0.25) is 0 Å². The molecular weight excluding hydrogens is 386 g/mol. The van der Waals surface area contributed by atoms with E-state index in [0.717, 1.165) is 10.5 Å². The summed E-state index contributed by atoms with van der Waals surface area (Å²) in [6.07, 6.45) is 4.39. The molecule has 2 heterocycles. The number of benzene rings is 1. The summed E-state index contributed by atoms with van der Waals surface area (Å²) >= 11 is 0. The molecule has 0 spiro atoms. The van der Waals surface area contributed by atoms with Gasteiger partial charge in [-0.05, 0) is 22.6 Å². The Morgan fingerprint density at radius 2 is 2.07 bits per heavy atom. The molecule has 0 aliphatic rings. The second-order valence-corrected chi connectivity index (χ2v) is 6.08. The number of oxime groups is 1. The lowest BCUT2D eigenvalue weighted by Gasteiger charge is -2.17. The summed E-state index contributed by atoms with van der Waals surface area (Å²) in [4.78, 5) is 22.4. The highest BCUT2D eigenvalue weighted by Gasteiger charge is 2.16. The average molecular weight is 405 g/mol. The molecule has 0 atom stereocenters. The average Bonchev–Trinajstić information content (AvgIpc) is 3.18. The molecule has 0 saturated carbocycles. The van der Waals surface area contributed by atoms with Crippen molar-refractivity contribution in [3.8, 4) is 12.3 Å². The molecule has 1 N–H and O–H groups in total. The van der Waals surface area contributed by atoms with Crippen molar-refractivity contribution in [2.24, 2.45) is 12.2 Å². The van der Waals surface area contributed by atoms with Gasteiger partial charge >= 0.3 is 6.09 Å². The molecule has 10 nitrogen and oxygen atoms in total. The number of pyridine rings is 1. The van der Waals surface area contributed by atoms with Crippen LogP contribution in [0.4, 0.5) is 10.6 Å². The third-order valence-corrected chi connectivity index (χ3v) is 4.03. The van der Waals surface area contributed by atoms with Gasteiger partial charge in [-0.15, -0.1) is 17.4 Å². The van der Waals surface area contributed by atoms with Crippen LogP contribution >= 0.6 is 0 Å². The van der Waals surface area contributed by atoms with Gasteiger partial charge in [0, 0.05) is 25.6 Å². The van der Waals surface area contributed by atoms with E-state index >= 15 is 0 Å². The molecule has 0 saturated heterocycles. The van der Waals surface area contributed by atoms with Gasteiger partial charge in [0.25, 0.3) is 0 Å². The van der Waals surface area contributed by atoms with E-state index in [-0.39, 0.29) is 25.4 Å². The van der Waals surface area contributed by atoms with Crippen LogP contribution in [-0.4, -0.2) is 48.6 Å². The van der Waals surface area contributed by atoms with Gasteiger partial charge in [0.1, 0.15) is 5.82 Å². The number of carboxylic acid groups (broad SMARTS) is 1. The highest BCUT2D eigenvalue weighted by Crippen LogP contribution is 2.14. The Labute approximate surface area is 172 Å². The summed E-state index contributed by atoms with van der Waals surface area (Å²) in [6.45, 7) is 0.177. The summed E-state index contributed by atoms with van der Waals surface area (Å²) in [7, 11) is 1.70. The first-order chi connectivity index (χ1) is 14.6. The lowest BCUT2D eigenvalue weighted by Crippen LogP contribution is -2.31. The third kappa shape index (κ3) is 4.96. The molecule has 1 amide bonds. The van der Waals surface area contributed by atoms with Crippen LogP contribution in [0.25, 0.3) is 0 Å². The van der Waals surface area contributed by atoms with E-state index in [4.69, 9.17) is 11.3 Å². The van der Waals surface area contributed by atoms with Gasteiger partial charge in [0.15, 0.2) is 12.3 Å². The molecule has 0 fully saturated rings. The number of rotatable bonds is 8. The van der Waals surface area contributed by atoms with Crippen LogP contribution in [0.5, 0.6) is 0 Å². The van der Waals surface area contributed by atoms with Gasteiger partial charge in [-0.25, -0.2) is 14.5 Å². The molecule has 0 radical (unpaired) electrons. The lowest BCUT2D eigenvalue weighted by atomic mass is 10.1. The summed E-state index contributed by atoms with van der Waals surface area (Å²) in [5, 5.41) is 25.1. The molecule has 152 valence electrons. The molecule has 0 bridgehead atoms. The number of tetrazole rings is 1. The van der Waals surface area contributed by atoms with Crippen molar-refractivity contribution in [1.29, 1.82) is 0 Å². The Morgan fingerprint density at radius 3 is 2.73 bits per heavy atom. The zero-order chi connectivity index (χ0) is 21.3. The van der Waals surface area contributed by atoms with Crippen LogP contribution in [0.3, 0.4) is 0 Å². The fraction of sp³-hybridized carbons (Fsp3) is 0.200. The van der Waals surface area contributed by atoms with E-state index in [9.17, 15) is 9.90 Å².